The molecular formula is C13H21N3O2S. The summed E-state index contributed by atoms with van der Waals surface area (Å²) >= 11 is 0. The van der Waals surface area contributed by atoms with E-state index in [9.17, 15) is 8.42 Å². The summed E-state index contributed by atoms with van der Waals surface area (Å²) in [5.41, 5.74) is 0. The first-order chi connectivity index (χ1) is 9.06. The minimum Gasteiger partial charge on any atom is -0.372 e. The van der Waals surface area contributed by atoms with Crippen LogP contribution in [0, 0.1) is 5.92 Å². The molecule has 0 spiro atoms. The average Bonchev–Trinajstić information content (AvgIpc) is 3.21. The van der Waals surface area contributed by atoms with Crippen molar-refractivity contribution in [3.05, 3.63) is 18.3 Å². The standard InChI is InChI=1S/C13H21N3O2S/c1-3-11(9-10-6-7-10)16-19(17,18)12-5-4-8-15-13(12)14-2/h4-5,8,10-11,16H,3,6-7,9H2,1-2H3,(H,14,15). The lowest BCUT2D eigenvalue weighted by atomic mass is 10.1. The Morgan fingerprint density at radius 1 is 1.47 bits per heavy atom. The second-order valence-electron chi connectivity index (χ2n) is 5.01. The van der Waals surface area contributed by atoms with Crippen LogP contribution in [0.15, 0.2) is 23.2 Å². The largest absolute Gasteiger partial charge is 0.372 e. The molecular weight excluding hydrogens is 262 g/mol. The molecule has 1 heterocycles. The summed E-state index contributed by atoms with van der Waals surface area (Å²) in [6.07, 6.45) is 5.78. The van der Waals surface area contributed by atoms with Crippen LogP contribution in [0.3, 0.4) is 0 Å². The first kappa shape index (κ1) is 14.3. The number of hydrogen-bond donors (Lipinski definition) is 2. The maximum Gasteiger partial charge on any atom is 0.244 e. The molecule has 0 aliphatic heterocycles. The van der Waals surface area contributed by atoms with Gasteiger partial charge in [0.2, 0.25) is 10.0 Å². The highest BCUT2D eigenvalue weighted by atomic mass is 32.2. The smallest absolute Gasteiger partial charge is 0.244 e. The van der Waals surface area contributed by atoms with Gasteiger partial charge in [-0.25, -0.2) is 18.1 Å². The van der Waals surface area contributed by atoms with Gasteiger partial charge in [-0.15, -0.1) is 0 Å². The predicted molar refractivity (Wildman–Crippen MR) is 75.5 cm³/mol. The lowest BCUT2D eigenvalue weighted by molar-refractivity contribution is 0.495. The summed E-state index contributed by atoms with van der Waals surface area (Å²) in [4.78, 5) is 4.25. The number of nitrogens with one attached hydrogen (secondary N) is 2. The van der Waals surface area contributed by atoms with E-state index in [0.29, 0.717) is 11.7 Å². The van der Waals surface area contributed by atoms with Gasteiger partial charge in [-0.2, -0.15) is 0 Å². The molecule has 1 aliphatic rings. The fourth-order valence-electron chi connectivity index (χ4n) is 2.13. The highest BCUT2D eigenvalue weighted by molar-refractivity contribution is 7.89. The minimum atomic E-state index is -3.51. The van der Waals surface area contributed by atoms with E-state index in [1.165, 1.54) is 12.8 Å². The number of rotatable bonds is 7. The molecule has 0 aromatic carbocycles. The van der Waals surface area contributed by atoms with Crippen molar-refractivity contribution in [2.45, 2.75) is 43.5 Å². The second kappa shape index (κ2) is 5.88. The van der Waals surface area contributed by atoms with Crippen molar-refractivity contribution in [1.29, 1.82) is 0 Å². The molecule has 6 heteroatoms. The molecule has 0 saturated heterocycles. The van der Waals surface area contributed by atoms with Crippen molar-refractivity contribution in [2.24, 2.45) is 5.92 Å². The topological polar surface area (TPSA) is 71.1 Å². The number of anilines is 1. The van der Waals surface area contributed by atoms with Crippen LogP contribution in [0.1, 0.15) is 32.6 Å². The van der Waals surface area contributed by atoms with Crippen LogP contribution in [0.2, 0.25) is 0 Å². The number of hydrogen-bond acceptors (Lipinski definition) is 4. The van der Waals surface area contributed by atoms with Gasteiger partial charge in [0, 0.05) is 19.3 Å². The SMILES string of the molecule is CCC(CC1CC1)NS(=O)(=O)c1cccnc1NC. The Kier molecular flexibility index (Phi) is 4.42. The molecule has 0 radical (unpaired) electrons. The fraction of sp³-hybridized carbons (Fsp3) is 0.615. The zero-order valence-corrected chi connectivity index (χ0v) is 12.2. The Balaban J connectivity index is 2.15. The maximum absolute atomic E-state index is 12.4. The quantitative estimate of drug-likeness (QED) is 0.802. The van der Waals surface area contributed by atoms with Crippen LogP contribution < -0.4 is 10.0 Å². The van der Waals surface area contributed by atoms with Gasteiger partial charge in [0.25, 0.3) is 0 Å². The van der Waals surface area contributed by atoms with Gasteiger partial charge in [-0.3, -0.25) is 0 Å². The Labute approximate surface area is 114 Å². The van der Waals surface area contributed by atoms with Crippen LogP contribution >= 0.6 is 0 Å². The molecule has 2 N–H and O–H groups in total. The Morgan fingerprint density at radius 2 is 2.21 bits per heavy atom. The number of pyridine rings is 1. The van der Waals surface area contributed by atoms with Gasteiger partial charge >= 0.3 is 0 Å². The molecule has 2 rings (SSSR count). The first-order valence-corrected chi connectivity index (χ1v) is 8.20. The minimum absolute atomic E-state index is 0.0161. The lowest BCUT2D eigenvalue weighted by Gasteiger charge is -2.17. The molecule has 1 saturated carbocycles. The molecule has 19 heavy (non-hydrogen) atoms. The Morgan fingerprint density at radius 3 is 2.79 bits per heavy atom. The Hall–Kier alpha value is -1.14. The van der Waals surface area contributed by atoms with E-state index >= 15 is 0 Å². The van der Waals surface area contributed by atoms with E-state index in [0.717, 1.165) is 12.8 Å². The summed E-state index contributed by atoms with van der Waals surface area (Å²) in [6.45, 7) is 2.01. The third-order valence-corrected chi connectivity index (χ3v) is 4.98. The molecule has 1 fully saturated rings. The van der Waals surface area contributed by atoms with Crippen LogP contribution in [0.4, 0.5) is 5.82 Å². The molecule has 106 valence electrons. The van der Waals surface area contributed by atoms with Crippen molar-refractivity contribution in [3.63, 3.8) is 0 Å². The molecule has 1 aromatic rings. The molecule has 1 aromatic heterocycles. The molecule has 1 unspecified atom stereocenters. The van der Waals surface area contributed by atoms with E-state index < -0.39 is 10.0 Å². The van der Waals surface area contributed by atoms with Gasteiger partial charge in [0.05, 0.1) is 0 Å². The van der Waals surface area contributed by atoms with E-state index in [4.69, 9.17) is 0 Å². The third kappa shape index (κ3) is 3.67. The summed E-state index contributed by atoms with van der Waals surface area (Å²) in [7, 11) is -1.84. The summed E-state index contributed by atoms with van der Waals surface area (Å²) in [5.74, 6) is 1.08. The van der Waals surface area contributed by atoms with Gasteiger partial charge < -0.3 is 5.32 Å². The van der Waals surface area contributed by atoms with Gasteiger partial charge in [0.15, 0.2) is 0 Å². The third-order valence-electron chi connectivity index (χ3n) is 3.43. The van der Waals surface area contributed by atoms with E-state index in [2.05, 4.69) is 15.0 Å². The van der Waals surface area contributed by atoms with Crippen molar-refractivity contribution >= 4 is 15.8 Å². The summed E-state index contributed by atoms with van der Waals surface area (Å²) in [5, 5.41) is 2.82. The highest BCUT2D eigenvalue weighted by Gasteiger charge is 2.28. The Bertz CT molecular complexity index is 526. The van der Waals surface area contributed by atoms with Gasteiger partial charge in [-0.05, 0) is 30.9 Å². The zero-order chi connectivity index (χ0) is 13.9. The van der Waals surface area contributed by atoms with Crippen LogP contribution in [-0.2, 0) is 10.0 Å². The normalized spacial score (nSPS) is 17.2. The number of sulfonamides is 1. The van der Waals surface area contributed by atoms with Crippen LogP contribution in [0.25, 0.3) is 0 Å². The van der Waals surface area contributed by atoms with Gasteiger partial charge in [0.1, 0.15) is 10.7 Å². The summed E-state index contributed by atoms with van der Waals surface area (Å²) < 4.78 is 27.6. The second-order valence-corrected chi connectivity index (χ2v) is 6.69. The molecule has 5 nitrogen and oxygen atoms in total. The number of nitrogens with zero attached hydrogens (tertiary/aromatic N) is 1. The molecule has 0 amide bonds. The first-order valence-electron chi connectivity index (χ1n) is 6.72. The zero-order valence-electron chi connectivity index (χ0n) is 11.4. The van der Waals surface area contributed by atoms with E-state index in [1.54, 1.807) is 25.4 Å². The fourth-order valence-corrected chi connectivity index (χ4v) is 3.63. The lowest BCUT2D eigenvalue weighted by Crippen LogP contribution is -2.35. The van der Waals surface area contributed by atoms with Gasteiger partial charge in [-0.1, -0.05) is 19.8 Å². The van der Waals surface area contributed by atoms with Crippen LogP contribution in [0.5, 0.6) is 0 Å². The van der Waals surface area contributed by atoms with Crippen molar-refractivity contribution in [1.82, 2.24) is 9.71 Å². The van der Waals surface area contributed by atoms with Crippen molar-refractivity contribution in [2.75, 3.05) is 12.4 Å². The van der Waals surface area contributed by atoms with Crippen molar-refractivity contribution in [3.8, 4) is 0 Å². The van der Waals surface area contributed by atoms with Crippen molar-refractivity contribution < 1.29 is 8.42 Å². The average molecular weight is 283 g/mol. The monoisotopic (exact) mass is 283 g/mol. The van der Waals surface area contributed by atoms with E-state index in [-0.39, 0.29) is 10.9 Å². The molecule has 0 bridgehead atoms. The van der Waals surface area contributed by atoms with E-state index in [1.807, 2.05) is 6.92 Å². The number of aromatic nitrogens is 1. The summed E-state index contributed by atoms with van der Waals surface area (Å²) in [6, 6.07) is 3.23. The molecule has 1 aliphatic carbocycles. The predicted octanol–water partition coefficient (Wildman–Crippen LogP) is 1.98. The highest BCUT2D eigenvalue weighted by Crippen LogP contribution is 2.34. The molecule has 1 atom stereocenters. The van der Waals surface area contributed by atoms with Crippen LogP contribution in [-0.4, -0.2) is 26.5 Å². The maximum atomic E-state index is 12.4.